The lowest BCUT2D eigenvalue weighted by Crippen LogP contribution is -2.02. The molecule has 3 heteroatoms. The van der Waals surface area contributed by atoms with E-state index in [9.17, 15) is 8.42 Å². The van der Waals surface area contributed by atoms with Crippen molar-refractivity contribution in [3.05, 3.63) is 36.4 Å². The van der Waals surface area contributed by atoms with E-state index < -0.39 is 22.4 Å². The van der Waals surface area contributed by atoms with E-state index in [-0.39, 0.29) is 4.90 Å². The first-order valence-corrected chi connectivity index (χ1v) is 4.99. The van der Waals surface area contributed by atoms with E-state index in [1.165, 1.54) is 18.2 Å². The van der Waals surface area contributed by atoms with Gasteiger partial charge in [0.1, 0.15) is 0 Å². The molecule has 0 saturated heterocycles. The molecule has 0 aromatic heterocycles. The van der Waals surface area contributed by atoms with Crippen LogP contribution in [0.2, 0.25) is 0 Å². The predicted molar refractivity (Wildman–Crippen MR) is 54.3 cm³/mol. The smallest absolute Gasteiger partial charge is 0.178 e. The Hall–Kier alpha value is -1.09. The third kappa shape index (κ3) is 2.18. The van der Waals surface area contributed by atoms with Crippen molar-refractivity contribution in [1.82, 2.24) is 0 Å². The Bertz CT molecular complexity index is 543. The van der Waals surface area contributed by atoms with E-state index in [1.807, 2.05) is 0 Å². The summed E-state index contributed by atoms with van der Waals surface area (Å²) in [7, 11) is -4.58. The van der Waals surface area contributed by atoms with E-state index >= 15 is 0 Å². The molecule has 0 fully saturated rings. The highest BCUT2D eigenvalue weighted by atomic mass is 32.2. The van der Waals surface area contributed by atoms with Gasteiger partial charge in [0, 0.05) is 6.85 Å². The van der Waals surface area contributed by atoms with Gasteiger partial charge in [0.2, 0.25) is 0 Å². The van der Waals surface area contributed by atoms with E-state index in [4.69, 9.17) is 6.85 Å². The second-order valence-electron chi connectivity index (χ2n) is 2.38. The van der Waals surface area contributed by atoms with Gasteiger partial charge in [-0.15, -0.1) is 0 Å². The van der Waals surface area contributed by atoms with Crippen molar-refractivity contribution in [3.63, 3.8) is 0 Å². The first-order valence-electron chi connectivity index (χ1n) is 6.01. The monoisotopic (exact) mass is 201 g/mol. The van der Waals surface area contributed by atoms with Crippen LogP contribution >= 0.6 is 0 Å². The summed E-state index contributed by atoms with van der Waals surface area (Å²) >= 11 is 0. The summed E-state index contributed by atoms with van der Waals surface area (Å²) in [6.07, 6.45) is 1.49. The van der Waals surface area contributed by atoms with Crippen molar-refractivity contribution in [1.29, 1.82) is 0 Å². The number of rotatable bonds is 3. The number of sulfone groups is 1. The van der Waals surface area contributed by atoms with Crippen molar-refractivity contribution in [2.24, 2.45) is 0 Å². The molecule has 0 N–H and O–H groups in total. The van der Waals surface area contributed by atoms with Gasteiger partial charge in [-0.2, -0.15) is 0 Å². The molecule has 0 aliphatic heterocycles. The Morgan fingerprint density at radius 2 is 2.15 bits per heavy atom. The van der Waals surface area contributed by atoms with Crippen molar-refractivity contribution in [2.45, 2.75) is 11.7 Å². The second kappa shape index (κ2) is 3.75. The highest BCUT2D eigenvalue weighted by molar-refractivity contribution is 7.91. The molecule has 0 atom stereocenters. The fourth-order valence-electron chi connectivity index (χ4n) is 0.842. The molecule has 0 saturated carbocycles. The van der Waals surface area contributed by atoms with Crippen LogP contribution in [-0.2, 0) is 9.84 Å². The zero-order valence-corrected chi connectivity index (χ0v) is 7.64. The van der Waals surface area contributed by atoms with Crippen LogP contribution in [0.15, 0.2) is 35.7 Å². The fraction of sp³-hybridized carbons (Fsp3) is 0.200. The Labute approximate surface area is 85.9 Å². The molecule has 0 aliphatic rings. The van der Waals surface area contributed by atoms with E-state index in [2.05, 4.69) is 6.58 Å². The van der Waals surface area contributed by atoms with E-state index in [1.54, 1.807) is 0 Å². The first kappa shape index (κ1) is 4.96. The van der Waals surface area contributed by atoms with Gasteiger partial charge < -0.3 is 0 Å². The molecule has 2 nitrogen and oxygen atoms in total. The number of hydrogen-bond donors (Lipinski definition) is 0. The van der Waals surface area contributed by atoms with Gasteiger partial charge in [-0.1, -0.05) is 31.6 Å². The van der Waals surface area contributed by atoms with E-state index in [0.717, 1.165) is 12.1 Å². The van der Waals surface area contributed by atoms with Crippen molar-refractivity contribution >= 4 is 15.9 Å². The van der Waals surface area contributed by atoms with Crippen LogP contribution < -0.4 is 0 Å². The maximum atomic E-state index is 11.9. The van der Waals surface area contributed by atoms with Crippen LogP contribution in [0.5, 0.6) is 0 Å². The average Bonchev–Trinajstić information content (AvgIpc) is 2.27. The van der Waals surface area contributed by atoms with Gasteiger partial charge >= 0.3 is 0 Å². The van der Waals surface area contributed by atoms with Gasteiger partial charge in [0.15, 0.2) is 9.84 Å². The van der Waals surface area contributed by atoms with Gasteiger partial charge in [-0.3, -0.25) is 0 Å². The predicted octanol–water partition coefficient (Wildman–Crippen LogP) is 2.12. The minimum Gasteiger partial charge on any atom is -0.224 e. The molecule has 0 unspecified atom stereocenters. The summed E-state index contributed by atoms with van der Waals surface area (Å²) in [5.74, 6) is 0. The van der Waals surface area contributed by atoms with Crippen LogP contribution in [0.1, 0.15) is 19.3 Å². The summed E-state index contributed by atoms with van der Waals surface area (Å²) in [5, 5.41) is 0. The Kier molecular flexibility index (Phi) is 1.43. The zero-order valence-electron chi connectivity index (χ0n) is 11.8. The molecule has 0 aliphatic carbocycles. The topological polar surface area (TPSA) is 34.1 Å². The Morgan fingerprint density at radius 3 is 2.62 bits per heavy atom. The summed E-state index contributed by atoms with van der Waals surface area (Å²) < 4.78 is 59.4. The SMILES string of the molecule is [2H]C([2H])([2H])C([2H])([2H])S(=O)(=O)c1ccc(C=C)cc1. The molecule has 0 bridgehead atoms. The summed E-state index contributed by atoms with van der Waals surface area (Å²) in [4.78, 5) is -0.366. The maximum Gasteiger partial charge on any atom is 0.178 e. The summed E-state index contributed by atoms with van der Waals surface area (Å²) in [6, 6.07) is 5.18. The summed E-state index contributed by atoms with van der Waals surface area (Å²) in [5.41, 5.74) is -2.67. The molecule has 0 spiro atoms. The van der Waals surface area contributed by atoms with Gasteiger partial charge in [0.05, 0.1) is 10.6 Å². The summed E-state index contributed by atoms with van der Waals surface area (Å²) in [6.45, 7) is 0.250. The fourth-order valence-corrected chi connectivity index (χ4v) is 1.45. The minimum absolute atomic E-state index is 0.366. The lowest BCUT2D eigenvalue weighted by molar-refractivity contribution is 0.597. The molecule has 0 radical (unpaired) electrons. The van der Waals surface area contributed by atoms with Gasteiger partial charge in [-0.05, 0) is 17.7 Å². The second-order valence-corrected chi connectivity index (χ2v) is 4.06. The van der Waals surface area contributed by atoms with Crippen LogP contribution in [0.3, 0.4) is 0 Å². The van der Waals surface area contributed by atoms with Crippen molar-refractivity contribution < 1.29 is 15.3 Å². The van der Waals surface area contributed by atoms with Crippen LogP contribution in [0, 0.1) is 0 Å². The number of benzene rings is 1. The molecule has 0 amide bonds. The molecule has 1 aromatic carbocycles. The number of hydrogen-bond acceptors (Lipinski definition) is 2. The zero-order chi connectivity index (χ0) is 14.2. The standard InChI is InChI=1S/C10H12O2S/c1-3-9-5-7-10(8-6-9)13(11,12)4-2/h3,5-8H,1,4H2,2H3/i2D3,4D2. The minimum atomic E-state index is -4.58. The highest BCUT2D eigenvalue weighted by Crippen LogP contribution is 2.12. The maximum absolute atomic E-state index is 11.9. The third-order valence-electron chi connectivity index (χ3n) is 1.56. The van der Waals surface area contributed by atoms with Crippen molar-refractivity contribution in [2.75, 3.05) is 5.70 Å². The van der Waals surface area contributed by atoms with Gasteiger partial charge in [0.25, 0.3) is 0 Å². The normalized spacial score (nSPS) is 18.9. The lowest BCUT2D eigenvalue weighted by atomic mass is 10.2. The molecular weight excluding hydrogens is 184 g/mol. The molecule has 13 heavy (non-hydrogen) atoms. The van der Waals surface area contributed by atoms with Crippen LogP contribution in [-0.4, -0.2) is 14.1 Å². The van der Waals surface area contributed by atoms with E-state index in [0.29, 0.717) is 5.56 Å². The largest absolute Gasteiger partial charge is 0.224 e. The van der Waals surface area contributed by atoms with Crippen LogP contribution in [0.25, 0.3) is 6.08 Å². The Morgan fingerprint density at radius 1 is 1.54 bits per heavy atom. The molecule has 70 valence electrons. The Balaban J connectivity index is 3.33. The molecule has 1 aromatic rings. The quantitative estimate of drug-likeness (QED) is 0.750. The first-order chi connectivity index (χ1) is 8.04. The molecule has 1 rings (SSSR count). The lowest BCUT2D eigenvalue weighted by Gasteiger charge is -2.00. The van der Waals surface area contributed by atoms with Crippen LogP contribution in [0.4, 0.5) is 0 Å². The van der Waals surface area contributed by atoms with Gasteiger partial charge in [-0.25, -0.2) is 8.42 Å². The van der Waals surface area contributed by atoms with Crippen molar-refractivity contribution in [3.8, 4) is 0 Å². The average molecular weight is 201 g/mol. The third-order valence-corrected chi connectivity index (χ3v) is 2.72. The molecular formula is C10H12O2S. The molecule has 0 heterocycles. The highest BCUT2D eigenvalue weighted by Gasteiger charge is 2.09.